The molecule has 0 bridgehead atoms. The fourth-order valence-electron chi connectivity index (χ4n) is 3.01. The Kier molecular flexibility index (Phi) is 5.65. The number of aromatic nitrogens is 1. The lowest BCUT2D eigenvalue weighted by molar-refractivity contribution is 0.112. The van der Waals surface area contributed by atoms with Gasteiger partial charge in [-0.25, -0.2) is 18.2 Å². The highest BCUT2D eigenvalue weighted by atomic mass is 32.2. The third kappa shape index (κ3) is 4.84. The van der Waals surface area contributed by atoms with E-state index in [1.54, 1.807) is 36.4 Å². The van der Waals surface area contributed by atoms with Gasteiger partial charge in [0.2, 0.25) is 0 Å². The van der Waals surface area contributed by atoms with Crippen molar-refractivity contribution in [1.29, 1.82) is 0 Å². The maximum Gasteiger partial charge on any atom is 0.319 e. The van der Waals surface area contributed by atoms with Crippen LogP contribution >= 0.6 is 11.3 Å². The lowest BCUT2D eigenvalue weighted by Crippen LogP contribution is -2.34. The summed E-state index contributed by atoms with van der Waals surface area (Å²) in [6, 6.07) is 13.0. The number of benzene rings is 2. The number of hydrogen-bond donors (Lipinski definition) is 3. The topological polar surface area (TPSA) is 109 Å². The summed E-state index contributed by atoms with van der Waals surface area (Å²) in [5, 5.41) is 5.82. The molecule has 2 aromatic carbocycles. The van der Waals surface area contributed by atoms with Crippen molar-refractivity contribution in [2.45, 2.75) is 23.8 Å². The van der Waals surface area contributed by atoms with Crippen LogP contribution in [0.1, 0.15) is 12.8 Å². The van der Waals surface area contributed by atoms with Crippen LogP contribution < -0.4 is 15.4 Å². The molecule has 1 unspecified atom stereocenters. The van der Waals surface area contributed by atoms with Gasteiger partial charge in [0.25, 0.3) is 10.0 Å². The number of nitrogens with one attached hydrogen (secondary N) is 3. The Morgan fingerprint density at radius 3 is 2.79 bits per heavy atom. The quantitative estimate of drug-likeness (QED) is 0.553. The van der Waals surface area contributed by atoms with Gasteiger partial charge in [0.05, 0.1) is 21.2 Å². The van der Waals surface area contributed by atoms with E-state index in [0.29, 0.717) is 17.7 Å². The Balaban J connectivity index is 1.43. The van der Waals surface area contributed by atoms with Gasteiger partial charge < -0.3 is 15.4 Å². The van der Waals surface area contributed by atoms with Crippen LogP contribution in [0.15, 0.2) is 53.4 Å². The van der Waals surface area contributed by atoms with E-state index in [0.717, 1.165) is 24.1 Å². The molecule has 10 heteroatoms. The minimum atomic E-state index is -3.70. The van der Waals surface area contributed by atoms with Crippen LogP contribution in [0.2, 0.25) is 0 Å². The summed E-state index contributed by atoms with van der Waals surface area (Å²) in [5.74, 6) is 0. The fourth-order valence-corrected chi connectivity index (χ4v) is 5.11. The molecule has 3 N–H and O–H groups in total. The monoisotopic (exact) mass is 432 g/mol. The largest absolute Gasteiger partial charge is 0.376 e. The Morgan fingerprint density at radius 1 is 1.21 bits per heavy atom. The van der Waals surface area contributed by atoms with Crippen molar-refractivity contribution in [2.75, 3.05) is 23.2 Å². The van der Waals surface area contributed by atoms with Gasteiger partial charge in [0.15, 0.2) is 5.13 Å². The third-order valence-electron chi connectivity index (χ3n) is 4.43. The molecule has 1 atom stereocenters. The fraction of sp³-hybridized carbons (Fsp3) is 0.263. The molecular formula is C19H20N4O4S2. The first-order chi connectivity index (χ1) is 14.0. The second kappa shape index (κ2) is 8.36. The summed E-state index contributed by atoms with van der Waals surface area (Å²) in [6.07, 6.45) is 2.04. The van der Waals surface area contributed by atoms with Gasteiger partial charge in [-0.1, -0.05) is 29.5 Å². The number of carbonyl (C=O) groups is 1. The second-order valence-electron chi connectivity index (χ2n) is 6.59. The van der Waals surface area contributed by atoms with E-state index >= 15 is 0 Å². The minimum Gasteiger partial charge on any atom is -0.376 e. The van der Waals surface area contributed by atoms with Crippen molar-refractivity contribution >= 4 is 48.4 Å². The molecule has 152 valence electrons. The Bertz CT molecular complexity index is 1110. The van der Waals surface area contributed by atoms with Crippen molar-refractivity contribution < 1.29 is 17.9 Å². The first-order valence-electron chi connectivity index (χ1n) is 9.14. The Labute approximate surface area is 172 Å². The standard InChI is InChI=1S/C19H20N4O4S2/c24-18(20-12-14-5-4-10-27-14)21-13-8-9-17-16(11-13)22-19(28-17)23-29(25,26)15-6-2-1-3-7-15/h1-3,6-9,11,14H,4-5,10,12H2,(H,22,23)(H2,20,21,24). The predicted octanol–water partition coefficient (Wildman–Crippen LogP) is 3.40. The van der Waals surface area contributed by atoms with Gasteiger partial charge in [-0.05, 0) is 43.2 Å². The number of hydrogen-bond acceptors (Lipinski definition) is 6. The molecule has 1 fully saturated rings. The minimum absolute atomic E-state index is 0.0713. The summed E-state index contributed by atoms with van der Waals surface area (Å²) < 4.78 is 33.7. The van der Waals surface area contributed by atoms with Crippen LogP contribution in [0.5, 0.6) is 0 Å². The molecule has 8 nitrogen and oxygen atoms in total. The zero-order chi connectivity index (χ0) is 20.3. The number of fused-ring (bicyclic) bond motifs is 1. The molecule has 3 aromatic rings. The van der Waals surface area contributed by atoms with E-state index in [9.17, 15) is 13.2 Å². The highest BCUT2D eigenvalue weighted by molar-refractivity contribution is 7.93. The van der Waals surface area contributed by atoms with E-state index in [1.807, 2.05) is 0 Å². The molecule has 4 rings (SSSR count). The molecule has 1 aliphatic rings. The molecule has 0 radical (unpaired) electrons. The molecule has 2 amide bonds. The van der Waals surface area contributed by atoms with Crippen molar-refractivity contribution in [2.24, 2.45) is 0 Å². The number of sulfonamides is 1. The normalized spacial score (nSPS) is 16.6. The zero-order valence-corrected chi connectivity index (χ0v) is 17.1. The van der Waals surface area contributed by atoms with Crippen LogP contribution in [0, 0.1) is 0 Å². The number of nitrogens with zero attached hydrogens (tertiary/aromatic N) is 1. The Morgan fingerprint density at radius 2 is 2.03 bits per heavy atom. The number of anilines is 2. The van der Waals surface area contributed by atoms with Gasteiger partial charge in [0, 0.05) is 18.8 Å². The number of rotatable bonds is 6. The van der Waals surface area contributed by atoms with E-state index in [2.05, 4.69) is 20.3 Å². The zero-order valence-electron chi connectivity index (χ0n) is 15.4. The highest BCUT2D eigenvalue weighted by Gasteiger charge is 2.17. The third-order valence-corrected chi connectivity index (χ3v) is 6.87. The average molecular weight is 433 g/mol. The van der Waals surface area contributed by atoms with Crippen LogP contribution in [0.4, 0.5) is 15.6 Å². The van der Waals surface area contributed by atoms with Gasteiger partial charge in [-0.3, -0.25) is 4.72 Å². The average Bonchev–Trinajstić information content (AvgIpc) is 3.35. The lowest BCUT2D eigenvalue weighted by atomic mass is 10.2. The van der Waals surface area contributed by atoms with E-state index in [4.69, 9.17) is 4.74 Å². The lowest BCUT2D eigenvalue weighted by Gasteiger charge is -2.11. The van der Waals surface area contributed by atoms with Crippen molar-refractivity contribution in [3.05, 3.63) is 48.5 Å². The number of carbonyl (C=O) groups excluding carboxylic acids is 1. The first-order valence-corrected chi connectivity index (χ1v) is 11.4. The molecular weight excluding hydrogens is 412 g/mol. The highest BCUT2D eigenvalue weighted by Crippen LogP contribution is 2.29. The second-order valence-corrected chi connectivity index (χ2v) is 9.30. The first kappa shape index (κ1) is 19.6. The molecule has 0 spiro atoms. The molecule has 1 saturated heterocycles. The van der Waals surface area contributed by atoms with E-state index in [1.165, 1.54) is 23.5 Å². The summed E-state index contributed by atoms with van der Waals surface area (Å²) in [7, 11) is -3.70. The molecule has 29 heavy (non-hydrogen) atoms. The van der Waals surface area contributed by atoms with Gasteiger partial charge in [-0.2, -0.15) is 0 Å². The van der Waals surface area contributed by atoms with Gasteiger partial charge in [0.1, 0.15) is 0 Å². The van der Waals surface area contributed by atoms with Gasteiger partial charge in [-0.15, -0.1) is 0 Å². The summed E-state index contributed by atoms with van der Waals surface area (Å²) in [4.78, 5) is 16.6. The molecule has 1 aromatic heterocycles. The number of urea groups is 1. The van der Waals surface area contributed by atoms with Crippen LogP contribution in [-0.4, -0.2) is 38.7 Å². The summed E-state index contributed by atoms with van der Waals surface area (Å²) in [5.41, 5.74) is 1.17. The van der Waals surface area contributed by atoms with E-state index in [-0.39, 0.29) is 22.2 Å². The SMILES string of the molecule is O=C(NCC1CCCO1)Nc1ccc2sc(NS(=O)(=O)c3ccccc3)nc2c1. The predicted molar refractivity (Wildman–Crippen MR) is 113 cm³/mol. The molecule has 1 aliphatic heterocycles. The maximum absolute atomic E-state index is 12.5. The van der Waals surface area contributed by atoms with Crippen molar-refractivity contribution in [3.63, 3.8) is 0 Å². The summed E-state index contributed by atoms with van der Waals surface area (Å²) in [6.45, 7) is 1.21. The Hall–Kier alpha value is -2.69. The van der Waals surface area contributed by atoms with Crippen LogP contribution in [-0.2, 0) is 14.8 Å². The van der Waals surface area contributed by atoms with E-state index < -0.39 is 10.0 Å². The van der Waals surface area contributed by atoms with Crippen molar-refractivity contribution in [1.82, 2.24) is 10.3 Å². The maximum atomic E-state index is 12.5. The molecule has 2 heterocycles. The number of amides is 2. The van der Waals surface area contributed by atoms with Gasteiger partial charge >= 0.3 is 6.03 Å². The van der Waals surface area contributed by atoms with Crippen LogP contribution in [0.3, 0.4) is 0 Å². The number of thiazole rings is 1. The van der Waals surface area contributed by atoms with Crippen LogP contribution in [0.25, 0.3) is 10.2 Å². The van der Waals surface area contributed by atoms with Crippen molar-refractivity contribution in [3.8, 4) is 0 Å². The smallest absolute Gasteiger partial charge is 0.319 e. The molecule has 0 aliphatic carbocycles. The molecule has 0 saturated carbocycles. The number of ether oxygens (including phenoxy) is 1. The summed E-state index contributed by atoms with van der Waals surface area (Å²) >= 11 is 1.23.